The molecule has 3 nitrogen and oxygen atoms in total. The van der Waals surface area contributed by atoms with Crippen LogP contribution in [0.25, 0.3) is 22.2 Å². The summed E-state index contributed by atoms with van der Waals surface area (Å²) in [5.74, 6) is 0.869. The van der Waals surface area contributed by atoms with E-state index in [0.717, 1.165) is 38.5 Å². The standard InChI is InChI=1S/C20H21ClN2O/c1-13-12-15(24-2)10-11-16(13)19-17-8-5-9-18(21)20(17)23(22-19)14-6-3-4-7-14/h5,8-12,14H,3-4,6-7H2,1-2H3. The average Bonchev–Trinajstić information content (AvgIpc) is 3.23. The molecule has 1 saturated carbocycles. The summed E-state index contributed by atoms with van der Waals surface area (Å²) < 4.78 is 7.50. The molecule has 0 spiro atoms. The second-order valence-electron chi connectivity index (χ2n) is 6.55. The molecule has 0 radical (unpaired) electrons. The summed E-state index contributed by atoms with van der Waals surface area (Å²) >= 11 is 6.55. The zero-order chi connectivity index (χ0) is 16.7. The van der Waals surface area contributed by atoms with Crippen molar-refractivity contribution in [1.29, 1.82) is 0 Å². The number of hydrogen-bond donors (Lipinski definition) is 0. The van der Waals surface area contributed by atoms with Crippen molar-refractivity contribution in [1.82, 2.24) is 9.78 Å². The molecule has 0 saturated heterocycles. The Morgan fingerprint density at radius 3 is 2.67 bits per heavy atom. The minimum absolute atomic E-state index is 0.458. The summed E-state index contributed by atoms with van der Waals surface area (Å²) in [5.41, 5.74) is 4.38. The third-order valence-electron chi connectivity index (χ3n) is 5.04. The summed E-state index contributed by atoms with van der Waals surface area (Å²) in [7, 11) is 1.69. The Bertz CT molecular complexity index is 894. The number of aromatic nitrogens is 2. The molecule has 0 aliphatic heterocycles. The number of para-hydroxylation sites is 1. The van der Waals surface area contributed by atoms with E-state index in [9.17, 15) is 0 Å². The van der Waals surface area contributed by atoms with E-state index < -0.39 is 0 Å². The Morgan fingerprint density at radius 1 is 1.17 bits per heavy atom. The number of halogens is 1. The van der Waals surface area contributed by atoms with Crippen molar-refractivity contribution in [3.8, 4) is 17.0 Å². The zero-order valence-corrected chi connectivity index (χ0v) is 14.8. The summed E-state index contributed by atoms with van der Waals surface area (Å²) in [6.45, 7) is 2.10. The van der Waals surface area contributed by atoms with E-state index in [1.54, 1.807) is 7.11 Å². The van der Waals surface area contributed by atoms with Crippen molar-refractivity contribution < 1.29 is 4.74 Å². The predicted molar refractivity (Wildman–Crippen MR) is 99.0 cm³/mol. The number of methoxy groups -OCH3 is 1. The fourth-order valence-electron chi connectivity index (χ4n) is 3.79. The highest BCUT2D eigenvalue weighted by Crippen LogP contribution is 2.39. The van der Waals surface area contributed by atoms with Crippen LogP contribution in [-0.2, 0) is 0 Å². The highest BCUT2D eigenvalue weighted by atomic mass is 35.5. The fraction of sp³-hybridized carbons (Fsp3) is 0.350. The molecule has 124 valence electrons. The third-order valence-corrected chi connectivity index (χ3v) is 5.34. The van der Waals surface area contributed by atoms with Gasteiger partial charge in [-0.1, -0.05) is 36.6 Å². The van der Waals surface area contributed by atoms with Gasteiger partial charge in [-0.15, -0.1) is 0 Å². The normalized spacial score (nSPS) is 15.3. The first-order valence-corrected chi connectivity index (χ1v) is 8.88. The molecule has 1 aliphatic carbocycles. The van der Waals surface area contributed by atoms with Crippen LogP contribution in [0.4, 0.5) is 0 Å². The van der Waals surface area contributed by atoms with E-state index in [-0.39, 0.29) is 0 Å². The average molecular weight is 341 g/mol. The minimum Gasteiger partial charge on any atom is -0.497 e. The number of nitrogens with zero attached hydrogens (tertiary/aromatic N) is 2. The van der Waals surface area contributed by atoms with E-state index >= 15 is 0 Å². The lowest BCUT2D eigenvalue weighted by atomic mass is 10.0. The summed E-state index contributed by atoms with van der Waals surface area (Å²) in [4.78, 5) is 0. The molecule has 0 N–H and O–H groups in total. The van der Waals surface area contributed by atoms with Crippen LogP contribution in [-0.4, -0.2) is 16.9 Å². The molecule has 0 atom stereocenters. The van der Waals surface area contributed by atoms with E-state index in [4.69, 9.17) is 21.4 Å². The number of rotatable bonds is 3. The van der Waals surface area contributed by atoms with Crippen LogP contribution < -0.4 is 4.74 Å². The molecule has 0 bridgehead atoms. The molecule has 1 aliphatic rings. The first kappa shape index (κ1) is 15.5. The summed E-state index contributed by atoms with van der Waals surface area (Å²) in [6.07, 6.45) is 4.91. The van der Waals surface area contributed by atoms with Crippen LogP contribution in [0, 0.1) is 6.92 Å². The predicted octanol–water partition coefficient (Wildman–Crippen LogP) is 5.79. The van der Waals surface area contributed by atoms with Gasteiger partial charge in [-0.05, 0) is 49.6 Å². The molecule has 0 amide bonds. The Labute approximate surface area is 147 Å². The second kappa shape index (κ2) is 6.14. The molecule has 4 rings (SSSR count). The van der Waals surface area contributed by atoms with Gasteiger partial charge in [0.2, 0.25) is 0 Å². The fourth-order valence-corrected chi connectivity index (χ4v) is 4.05. The highest BCUT2D eigenvalue weighted by molar-refractivity contribution is 6.35. The maximum atomic E-state index is 6.55. The van der Waals surface area contributed by atoms with Crippen molar-refractivity contribution >= 4 is 22.5 Å². The number of aryl methyl sites for hydroxylation is 1. The lowest BCUT2D eigenvalue weighted by molar-refractivity contribution is 0.414. The lowest BCUT2D eigenvalue weighted by Gasteiger charge is -2.12. The van der Waals surface area contributed by atoms with Crippen molar-refractivity contribution in [3.63, 3.8) is 0 Å². The zero-order valence-electron chi connectivity index (χ0n) is 14.1. The van der Waals surface area contributed by atoms with Gasteiger partial charge in [-0.25, -0.2) is 0 Å². The smallest absolute Gasteiger partial charge is 0.119 e. The third kappa shape index (κ3) is 2.48. The van der Waals surface area contributed by atoms with Gasteiger partial charge in [0.1, 0.15) is 11.4 Å². The topological polar surface area (TPSA) is 27.1 Å². The van der Waals surface area contributed by atoms with Crippen molar-refractivity contribution in [2.45, 2.75) is 38.6 Å². The van der Waals surface area contributed by atoms with Gasteiger partial charge in [0.15, 0.2) is 0 Å². The van der Waals surface area contributed by atoms with E-state index in [1.807, 2.05) is 18.2 Å². The van der Waals surface area contributed by atoms with Gasteiger partial charge >= 0.3 is 0 Å². The molecular formula is C20H21ClN2O. The number of fused-ring (bicyclic) bond motifs is 1. The van der Waals surface area contributed by atoms with Gasteiger partial charge in [-0.2, -0.15) is 5.10 Å². The molecular weight excluding hydrogens is 320 g/mol. The van der Waals surface area contributed by atoms with E-state index in [2.05, 4.69) is 29.8 Å². The first-order valence-electron chi connectivity index (χ1n) is 8.51. The van der Waals surface area contributed by atoms with Gasteiger partial charge in [-0.3, -0.25) is 4.68 Å². The molecule has 1 fully saturated rings. The maximum Gasteiger partial charge on any atom is 0.119 e. The van der Waals surface area contributed by atoms with Crippen LogP contribution in [0.15, 0.2) is 36.4 Å². The first-order chi connectivity index (χ1) is 11.7. The van der Waals surface area contributed by atoms with Crippen molar-refractivity contribution in [3.05, 3.63) is 47.0 Å². The van der Waals surface area contributed by atoms with E-state index in [0.29, 0.717) is 6.04 Å². The van der Waals surface area contributed by atoms with Gasteiger partial charge < -0.3 is 4.74 Å². The second-order valence-corrected chi connectivity index (χ2v) is 6.96. The van der Waals surface area contributed by atoms with Gasteiger partial charge in [0.05, 0.1) is 23.7 Å². The summed E-state index contributed by atoms with van der Waals surface area (Å²) in [5, 5.41) is 6.92. The Hall–Kier alpha value is -2.00. The minimum atomic E-state index is 0.458. The van der Waals surface area contributed by atoms with Gasteiger partial charge in [0.25, 0.3) is 0 Å². The SMILES string of the molecule is COc1ccc(-c2nn(C3CCCC3)c3c(Cl)cccc23)c(C)c1. The lowest BCUT2D eigenvalue weighted by Crippen LogP contribution is -2.06. The van der Waals surface area contributed by atoms with Gasteiger partial charge in [0, 0.05) is 10.9 Å². The Balaban J connectivity index is 1.94. The van der Waals surface area contributed by atoms with Crippen molar-refractivity contribution in [2.75, 3.05) is 7.11 Å². The molecule has 2 aromatic carbocycles. The van der Waals surface area contributed by atoms with Crippen molar-refractivity contribution in [2.24, 2.45) is 0 Å². The Morgan fingerprint density at radius 2 is 1.96 bits per heavy atom. The van der Waals surface area contributed by atoms with Crippen LogP contribution >= 0.6 is 11.6 Å². The largest absolute Gasteiger partial charge is 0.497 e. The highest BCUT2D eigenvalue weighted by Gasteiger charge is 2.24. The molecule has 0 unspecified atom stereocenters. The van der Waals surface area contributed by atoms with Crippen LogP contribution in [0.5, 0.6) is 5.75 Å². The Kier molecular flexibility index (Phi) is 3.97. The molecule has 1 heterocycles. The molecule has 1 aromatic heterocycles. The van der Waals surface area contributed by atoms with Crippen LogP contribution in [0.1, 0.15) is 37.3 Å². The van der Waals surface area contributed by atoms with E-state index in [1.165, 1.54) is 25.7 Å². The monoisotopic (exact) mass is 340 g/mol. The molecule has 24 heavy (non-hydrogen) atoms. The number of benzene rings is 2. The van der Waals surface area contributed by atoms with Crippen LogP contribution in [0.2, 0.25) is 5.02 Å². The number of ether oxygens (including phenoxy) is 1. The molecule has 3 aromatic rings. The maximum absolute atomic E-state index is 6.55. The quantitative estimate of drug-likeness (QED) is 0.603. The number of hydrogen-bond acceptors (Lipinski definition) is 2. The molecule has 4 heteroatoms. The summed E-state index contributed by atoms with van der Waals surface area (Å²) in [6, 6.07) is 12.7. The van der Waals surface area contributed by atoms with Crippen LogP contribution in [0.3, 0.4) is 0 Å².